The van der Waals surface area contributed by atoms with Gasteiger partial charge in [0.15, 0.2) is 0 Å². The number of benzene rings is 2. The summed E-state index contributed by atoms with van der Waals surface area (Å²) in [7, 11) is 0. The molecule has 0 unspecified atom stereocenters. The van der Waals surface area contributed by atoms with E-state index in [0.29, 0.717) is 5.69 Å². The fourth-order valence-electron chi connectivity index (χ4n) is 2.44. The molecule has 2 rings (SSSR count). The molecule has 0 heterocycles. The molecule has 0 spiro atoms. The van der Waals surface area contributed by atoms with E-state index in [1.54, 1.807) is 19.1 Å². The number of carbonyl (C=O) groups is 2. The molecule has 2 aromatic carbocycles. The molecule has 0 aromatic heterocycles. The molecule has 0 aliphatic rings. The van der Waals surface area contributed by atoms with Crippen LogP contribution < -0.4 is 11.1 Å². The summed E-state index contributed by atoms with van der Waals surface area (Å²) >= 11 is 0. The number of amides is 1. The lowest BCUT2D eigenvalue weighted by Crippen LogP contribution is -2.34. The number of rotatable bonds is 6. The third-order valence-corrected chi connectivity index (χ3v) is 3.73. The number of alkyl halides is 3. The van der Waals surface area contributed by atoms with E-state index in [9.17, 15) is 22.8 Å². The predicted molar refractivity (Wildman–Crippen MR) is 94.2 cm³/mol. The molecule has 3 N–H and O–H groups in total. The smallest absolute Gasteiger partial charge is 0.417 e. The van der Waals surface area contributed by atoms with Crippen LogP contribution in [0.5, 0.6) is 0 Å². The fraction of sp³-hybridized carbons (Fsp3) is 0.263. The summed E-state index contributed by atoms with van der Waals surface area (Å²) in [6.07, 6.45) is -4.38. The van der Waals surface area contributed by atoms with Crippen LogP contribution in [-0.4, -0.2) is 24.5 Å². The number of ether oxygens (including phenoxy) is 1. The molecule has 0 saturated heterocycles. The third kappa shape index (κ3) is 5.55. The second kappa shape index (κ2) is 8.68. The number of nitrogens with one attached hydrogen (secondary N) is 1. The minimum Gasteiger partial charge on any atom is -0.465 e. The molecule has 0 fully saturated rings. The van der Waals surface area contributed by atoms with E-state index in [4.69, 9.17) is 10.5 Å². The van der Waals surface area contributed by atoms with E-state index in [-0.39, 0.29) is 13.0 Å². The van der Waals surface area contributed by atoms with Crippen molar-refractivity contribution in [3.05, 3.63) is 65.2 Å². The molecule has 1 atom stereocenters. The Balaban J connectivity index is 2.07. The number of hydrogen-bond acceptors (Lipinski definition) is 4. The van der Waals surface area contributed by atoms with Crippen molar-refractivity contribution >= 4 is 17.6 Å². The van der Waals surface area contributed by atoms with Crippen LogP contribution in [0.15, 0.2) is 48.5 Å². The van der Waals surface area contributed by atoms with Crippen molar-refractivity contribution in [2.75, 3.05) is 11.9 Å². The van der Waals surface area contributed by atoms with Gasteiger partial charge < -0.3 is 15.8 Å². The maximum absolute atomic E-state index is 13.0. The Labute approximate surface area is 154 Å². The van der Waals surface area contributed by atoms with Crippen LogP contribution in [0.3, 0.4) is 0 Å². The van der Waals surface area contributed by atoms with Crippen LogP contribution in [0.4, 0.5) is 18.9 Å². The molecule has 0 radical (unpaired) electrons. The monoisotopic (exact) mass is 380 g/mol. The van der Waals surface area contributed by atoms with Crippen molar-refractivity contribution in [1.82, 2.24) is 0 Å². The van der Waals surface area contributed by atoms with Gasteiger partial charge in [-0.3, -0.25) is 9.59 Å². The average molecular weight is 380 g/mol. The maximum atomic E-state index is 13.0. The molecular weight excluding hydrogens is 361 g/mol. The third-order valence-electron chi connectivity index (χ3n) is 3.73. The van der Waals surface area contributed by atoms with Crippen LogP contribution in [0.2, 0.25) is 0 Å². The van der Waals surface area contributed by atoms with Crippen molar-refractivity contribution in [2.24, 2.45) is 5.73 Å². The van der Waals surface area contributed by atoms with Gasteiger partial charge >= 0.3 is 12.1 Å². The van der Waals surface area contributed by atoms with Crippen LogP contribution in [0.25, 0.3) is 0 Å². The number of carbonyl (C=O) groups excluding carboxylic acids is 2. The van der Waals surface area contributed by atoms with Gasteiger partial charge in [-0.2, -0.15) is 13.2 Å². The van der Waals surface area contributed by atoms with E-state index in [1.807, 2.05) is 0 Å². The highest BCUT2D eigenvalue weighted by atomic mass is 19.4. The molecule has 8 heteroatoms. The quantitative estimate of drug-likeness (QED) is 0.753. The average Bonchev–Trinajstić information content (AvgIpc) is 2.62. The van der Waals surface area contributed by atoms with Crippen LogP contribution in [0.1, 0.15) is 28.4 Å². The summed E-state index contributed by atoms with van der Waals surface area (Å²) in [4.78, 5) is 23.7. The number of nitrogens with two attached hydrogens (primary N) is 1. The first-order valence-corrected chi connectivity index (χ1v) is 8.21. The Morgan fingerprint density at radius 1 is 1.11 bits per heavy atom. The molecule has 27 heavy (non-hydrogen) atoms. The molecule has 1 amide bonds. The van der Waals surface area contributed by atoms with Crippen molar-refractivity contribution in [3.8, 4) is 0 Å². The Morgan fingerprint density at radius 2 is 1.74 bits per heavy atom. The maximum Gasteiger partial charge on any atom is 0.417 e. The highest BCUT2D eigenvalue weighted by molar-refractivity contribution is 6.05. The topological polar surface area (TPSA) is 81.4 Å². The largest absolute Gasteiger partial charge is 0.465 e. The zero-order valence-electron chi connectivity index (χ0n) is 14.5. The fourth-order valence-corrected chi connectivity index (χ4v) is 2.44. The van der Waals surface area contributed by atoms with E-state index in [0.717, 1.165) is 17.7 Å². The molecular formula is C19H19F3N2O3. The molecule has 0 saturated carbocycles. The lowest BCUT2D eigenvalue weighted by molar-refractivity contribution is -0.144. The Morgan fingerprint density at radius 3 is 2.33 bits per heavy atom. The number of esters is 1. The van der Waals surface area contributed by atoms with Gasteiger partial charge in [0.25, 0.3) is 5.91 Å². The SMILES string of the molecule is CCOC(=O)[C@@H](N)Cc1ccc(NC(=O)c2ccccc2C(F)(F)F)cc1. The summed E-state index contributed by atoms with van der Waals surface area (Å²) in [5, 5.41) is 2.43. The van der Waals surface area contributed by atoms with Crippen LogP contribution in [-0.2, 0) is 22.1 Å². The van der Waals surface area contributed by atoms with E-state index >= 15 is 0 Å². The van der Waals surface area contributed by atoms with Crippen molar-refractivity contribution < 1.29 is 27.5 Å². The first-order valence-electron chi connectivity index (χ1n) is 8.21. The van der Waals surface area contributed by atoms with Crippen molar-refractivity contribution in [1.29, 1.82) is 0 Å². The lowest BCUT2D eigenvalue weighted by Gasteiger charge is -2.13. The predicted octanol–water partition coefficient (Wildman–Crippen LogP) is 3.39. The molecule has 144 valence electrons. The summed E-state index contributed by atoms with van der Waals surface area (Å²) in [6, 6.07) is 10.1. The van der Waals surface area contributed by atoms with E-state index < -0.39 is 35.2 Å². The standard InChI is InChI=1S/C19H19F3N2O3/c1-2-27-18(26)16(23)11-12-7-9-13(10-8-12)24-17(25)14-5-3-4-6-15(14)19(20,21)22/h3-10,16H,2,11,23H2,1H3,(H,24,25)/t16-/m0/s1. The molecule has 0 bridgehead atoms. The molecule has 0 aliphatic carbocycles. The summed E-state index contributed by atoms with van der Waals surface area (Å²) in [6.45, 7) is 1.91. The minimum atomic E-state index is -4.62. The van der Waals surface area contributed by atoms with Gasteiger partial charge in [-0.05, 0) is 43.2 Å². The van der Waals surface area contributed by atoms with E-state index in [2.05, 4.69) is 5.32 Å². The normalized spacial score (nSPS) is 12.3. The Kier molecular flexibility index (Phi) is 6.57. The van der Waals surface area contributed by atoms with Gasteiger partial charge in [0.1, 0.15) is 6.04 Å². The zero-order valence-corrected chi connectivity index (χ0v) is 14.5. The minimum absolute atomic E-state index is 0.233. The number of halogens is 3. The van der Waals surface area contributed by atoms with Crippen LogP contribution >= 0.6 is 0 Å². The van der Waals surface area contributed by atoms with Gasteiger partial charge in [-0.1, -0.05) is 24.3 Å². The van der Waals surface area contributed by atoms with Gasteiger partial charge in [0, 0.05) is 5.69 Å². The van der Waals surface area contributed by atoms with Gasteiger partial charge in [0.2, 0.25) is 0 Å². The summed E-state index contributed by atoms with van der Waals surface area (Å²) in [5.74, 6) is -1.38. The zero-order chi connectivity index (χ0) is 20.0. The second-order valence-corrected chi connectivity index (χ2v) is 5.76. The molecule has 0 aliphatic heterocycles. The summed E-state index contributed by atoms with van der Waals surface area (Å²) < 4.78 is 43.9. The Hall–Kier alpha value is -2.87. The van der Waals surface area contributed by atoms with Crippen molar-refractivity contribution in [3.63, 3.8) is 0 Å². The van der Waals surface area contributed by atoms with Crippen LogP contribution in [0, 0.1) is 0 Å². The first kappa shape index (κ1) is 20.4. The molecule has 5 nitrogen and oxygen atoms in total. The number of anilines is 1. The second-order valence-electron chi connectivity index (χ2n) is 5.76. The van der Waals surface area contributed by atoms with Gasteiger partial charge in [-0.25, -0.2) is 0 Å². The lowest BCUT2D eigenvalue weighted by atomic mass is 10.1. The first-order chi connectivity index (χ1) is 12.7. The van der Waals surface area contributed by atoms with Gasteiger partial charge in [-0.15, -0.1) is 0 Å². The molecule has 2 aromatic rings. The number of hydrogen-bond donors (Lipinski definition) is 2. The van der Waals surface area contributed by atoms with E-state index in [1.165, 1.54) is 24.3 Å². The van der Waals surface area contributed by atoms with Crippen molar-refractivity contribution in [2.45, 2.75) is 25.6 Å². The summed E-state index contributed by atoms with van der Waals surface area (Å²) in [5.41, 5.74) is 5.33. The van der Waals surface area contributed by atoms with Gasteiger partial charge in [0.05, 0.1) is 17.7 Å². The highest BCUT2D eigenvalue weighted by Crippen LogP contribution is 2.32. The highest BCUT2D eigenvalue weighted by Gasteiger charge is 2.34. The Bertz CT molecular complexity index is 805.